The van der Waals surface area contributed by atoms with Crippen molar-refractivity contribution in [1.29, 1.82) is 0 Å². The summed E-state index contributed by atoms with van der Waals surface area (Å²) in [5.74, 6) is 0.944. The summed E-state index contributed by atoms with van der Waals surface area (Å²) in [6.45, 7) is 5.39. The maximum absolute atomic E-state index is 4.56. The first-order chi connectivity index (χ1) is 7.33. The molecular weight excluding hydrogens is 240 g/mol. The van der Waals surface area contributed by atoms with Gasteiger partial charge in [0.25, 0.3) is 0 Å². The fraction of sp³-hybridized carbons (Fsp3) is 0.750. The SMILES string of the molecule is CCCC1CC1NCc1csc(CC)n1.Cl. The van der Waals surface area contributed by atoms with Gasteiger partial charge in [-0.3, -0.25) is 0 Å². The Morgan fingerprint density at radius 3 is 2.94 bits per heavy atom. The molecule has 2 nitrogen and oxygen atoms in total. The number of nitrogens with zero attached hydrogens (tertiary/aromatic N) is 1. The topological polar surface area (TPSA) is 24.9 Å². The van der Waals surface area contributed by atoms with Crippen LogP contribution in [-0.2, 0) is 13.0 Å². The molecule has 1 aliphatic carbocycles. The van der Waals surface area contributed by atoms with Gasteiger partial charge in [0.1, 0.15) is 0 Å². The molecule has 4 heteroatoms. The zero-order valence-electron chi connectivity index (χ0n) is 10.0. The molecule has 1 aromatic heterocycles. The van der Waals surface area contributed by atoms with Crippen molar-refractivity contribution in [3.63, 3.8) is 0 Å². The molecule has 0 saturated heterocycles. The monoisotopic (exact) mass is 260 g/mol. The number of aryl methyl sites for hydroxylation is 1. The number of aromatic nitrogens is 1. The van der Waals surface area contributed by atoms with Crippen LogP contribution < -0.4 is 5.32 Å². The molecule has 1 aromatic rings. The first-order valence-electron chi connectivity index (χ1n) is 6.00. The fourth-order valence-electron chi connectivity index (χ4n) is 2.02. The minimum atomic E-state index is 0. The van der Waals surface area contributed by atoms with Gasteiger partial charge < -0.3 is 5.32 Å². The molecule has 1 N–H and O–H groups in total. The third-order valence-electron chi connectivity index (χ3n) is 3.03. The van der Waals surface area contributed by atoms with Crippen molar-refractivity contribution < 1.29 is 0 Å². The molecule has 92 valence electrons. The van der Waals surface area contributed by atoms with Crippen LogP contribution in [0.4, 0.5) is 0 Å². The Labute approximate surface area is 108 Å². The Balaban J connectivity index is 0.00000128. The molecule has 0 aliphatic heterocycles. The molecule has 2 atom stereocenters. The molecule has 1 fully saturated rings. The summed E-state index contributed by atoms with van der Waals surface area (Å²) in [6, 6.07) is 0.775. The predicted molar refractivity (Wildman–Crippen MR) is 72.4 cm³/mol. The van der Waals surface area contributed by atoms with Crippen molar-refractivity contribution in [2.45, 2.75) is 52.1 Å². The lowest BCUT2D eigenvalue weighted by atomic mass is 10.2. The Hall–Kier alpha value is -0.120. The highest BCUT2D eigenvalue weighted by atomic mass is 35.5. The number of hydrogen-bond donors (Lipinski definition) is 1. The van der Waals surface area contributed by atoms with Crippen LogP contribution >= 0.6 is 23.7 Å². The minimum absolute atomic E-state index is 0. The average molecular weight is 261 g/mol. The van der Waals surface area contributed by atoms with E-state index in [0.29, 0.717) is 0 Å². The van der Waals surface area contributed by atoms with Gasteiger partial charge >= 0.3 is 0 Å². The largest absolute Gasteiger partial charge is 0.308 e. The smallest absolute Gasteiger partial charge is 0.0926 e. The van der Waals surface area contributed by atoms with Crippen molar-refractivity contribution in [3.8, 4) is 0 Å². The van der Waals surface area contributed by atoms with E-state index in [0.717, 1.165) is 24.9 Å². The van der Waals surface area contributed by atoms with E-state index in [1.54, 1.807) is 11.3 Å². The van der Waals surface area contributed by atoms with E-state index in [1.807, 2.05) is 0 Å². The van der Waals surface area contributed by atoms with Gasteiger partial charge in [-0.25, -0.2) is 4.98 Å². The number of nitrogens with one attached hydrogen (secondary N) is 1. The van der Waals surface area contributed by atoms with Crippen LogP contribution in [0.15, 0.2) is 5.38 Å². The number of hydrogen-bond acceptors (Lipinski definition) is 3. The van der Waals surface area contributed by atoms with Crippen LogP contribution in [0, 0.1) is 5.92 Å². The van der Waals surface area contributed by atoms with E-state index in [4.69, 9.17) is 0 Å². The number of rotatable bonds is 6. The molecule has 0 amide bonds. The summed E-state index contributed by atoms with van der Waals surface area (Å²) in [5, 5.41) is 7.03. The Morgan fingerprint density at radius 2 is 2.31 bits per heavy atom. The number of halogens is 1. The molecule has 16 heavy (non-hydrogen) atoms. The highest BCUT2D eigenvalue weighted by Gasteiger charge is 2.35. The second-order valence-corrected chi connectivity index (χ2v) is 5.30. The van der Waals surface area contributed by atoms with Crippen molar-refractivity contribution >= 4 is 23.7 Å². The molecule has 1 aliphatic rings. The van der Waals surface area contributed by atoms with Crippen molar-refractivity contribution in [3.05, 3.63) is 16.1 Å². The van der Waals surface area contributed by atoms with Gasteiger partial charge in [-0.2, -0.15) is 0 Å². The lowest BCUT2D eigenvalue weighted by Gasteiger charge is -2.00. The molecule has 0 spiro atoms. The zero-order valence-corrected chi connectivity index (χ0v) is 11.7. The Bertz CT molecular complexity index is 314. The van der Waals surface area contributed by atoms with Crippen LogP contribution in [-0.4, -0.2) is 11.0 Å². The molecular formula is C12H21ClN2S. The zero-order chi connectivity index (χ0) is 10.7. The maximum Gasteiger partial charge on any atom is 0.0926 e. The first-order valence-corrected chi connectivity index (χ1v) is 6.88. The summed E-state index contributed by atoms with van der Waals surface area (Å²) in [4.78, 5) is 4.56. The van der Waals surface area contributed by atoms with E-state index >= 15 is 0 Å². The van der Waals surface area contributed by atoms with E-state index in [-0.39, 0.29) is 12.4 Å². The number of thiazole rings is 1. The maximum atomic E-state index is 4.56. The van der Waals surface area contributed by atoms with Crippen LogP contribution in [0.2, 0.25) is 0 Å². The lowest BCUT2D eigenvalue weighted by molar-refractivity contribution is 0.594. The van der Waals surface area contributed by atoms with Crippen molar-refractivity contribution in [2.24, 2.45) is 5.92 Å². The van der Waals surface area contributed by atoms with E-state index in [9.17, 15) is 0 Å². The summed E-state index contributed by atoms with van der Waals surface area (Å²) < 4.78 is 0. The first kappa shape index (κ1) is 13.9. The standard InChI is InChI=1S/C12H20N2S.ClH/c1-3-5-9-6-11(9)13-7-10-8-15-12(4-2)14-10;/h8-9,11,13H,3-7H2,1-2H3;1H. The highest BCUT2D eigenvalue weighted by molar-refractivity contribution is 7.09. The molecule has 1 heterocycles. The van der Waals surface area contributed by atoms with Gasteiger partial charge in [0.15, 0.2) is 0 Å². The summed E-state index contributed by atoms with van der Waals surface area (Å²) in [7, 11) is 0. The Kier molecular flexibility index (Phi) is 5.73. The molecule has 0 radical (unpaired) electrons. The summed E-state index contributed by atoms with van der Waals surface area (Å²) in [5.41, 5.74) is 1.22. The van der Waals surface area contributed by atoms with Crippen molar-refractivity contribution in [1.82, 2.24) is 10.3 Å². The van der Waals surface area contributed by atoms with Crippen LogP contribution in [0.25, 0.3) is 0 Å². The minimum Gasteiger partial charge on any atom is -0.308 e. The third-order valence-corrected chi connectivity index (χ3v) is 4.07. The molecule has 0 aromatic carbocycles. The van der Waals surface area contributed by atoms with Gasteiger partial charge in [-0.1, -0.05) is 20.3 Å². The summed E-state index contributed by atoms with van der Waals surface area (Å²) >= 11 is 1.78. The van der Waals surface area contributed by atoms with Crippen LogP contribution in [0.1, 0.15) is 43.8 Å². The highest BCUT2D eigenvalue weighted by Crippen LogP contribution is 2.34. The quantitative estimate of drug-likeness (QED) is 0.848. The second-order valence-electron chi connectivity index (χ2n) is 4.36. The average Bonchev–Trinajstić information content (AvgIpc) is 2.82. The van der Waals surface area contributed by atoms with Gasteiger partial charge in [-0.05, 0) is 25.2 Å². The Morgan fingerprint density at radius 1 is 1.50 bits per heavy atom. The third kappa shape index (κ3) is 3.72. The molecule has 2 rings (SSSR count). The van der Waals surface area contributed by atoms with Gasteiger partial charge in [0.2, 0.25) is 0 Å². The van der Waals surface area contributed by atoms with Gasteiger partial charge in [-0.15, -0.1) is 23.7 Å². The van der Waals surface area contributed by atoms with Crippen LogP contribution in [0.3, 0.4) is 0 Å². The molecule has 2 unspecified atom stereocenters. The fourth-order valence-corrected chi connectivity index (χ4v) is 2.76. The van der Waals surface area contributed by atoms with Crippen LogP contribution in [0.5, 0.6) is 0 Å². The van der Waals surface area contributed by atoms with E-state index in [1.165, 1.54) is 30.0 Å². The molecule has 0 bridgehead atoms. The normalized spacial score (nSPS) is 22.9. The van der Waals surface area contributed by atoms with E-state index < -0.39 is 0 Å². The lowest BCUT2D eigenvalue weighted by Crippen LogP contribution is -2.17. The van der Waals surface area contributed by atoms with Crippen molar-refractivity contribution in [2.75, 3.05) is 0 Å². The predicted octanol–water partition coefficient (Wildman–Crippen LogP) is 3.41. The summed E-state index contributed by atoms with van der Waals surface area (Å²) in [6.07, 6.45) is 5.14. The molecule has 1 saturated carbocycles. The van der Waals surface area contributed by atoms with Gasteiger partial charge in [0, 0.05) is 18.0 Å². The van der Waals surface area contributed by atoms with Gasteiger partial charge in [0.05, 0.1) is 10.7 Å². The second kappa shape index (κ2) is 6.58. The van der Waals surface area contributed by atoms with E-state index in [2.05, 4.69) is 29.5 Å².